The molecule has 0 saturated carbocycles. The molecule has 1 saturated heterocycles. The van der Waals surface area contributed by atoms with Gasteiger partial charge < -0.3 is 18.8 Å². The van der Waals surface area contributed by atoms with Crippen LogP contribution in [0.1, 0.15) is 190 Å². The number of rotatable bonds is 29. The number of hydrogen-bond acceptors (Lipinski definition) is 5. The Labute approximate surface area is 289 Å². The van der Waals surface area contributed by atoms with E-state index in [4.69, 9.17) is 13.9 Å². The van der Waals surface area contributed by atoms with Crippen molar-refractivity contribution in [2.24, 2.45) is 5.92 Å². The fourth-order valence-electron chi connectivity index (χ4n) is 6.56. The second kappa shape index (κ2) is 23.8. The Morgan fingerprint density at radius 2 is 1.26 bits per heavy atom. The Morgan fingerprint density at radius 1 is 0.761 bits per heavy atom. The highest BCUT2D eigenvalue weighted by atomic mass is 28.4. The molecule has 3 atom stereocenters. The summed E-state index contributed by atoms with van der Waals surface area (Å²) < 4.78 is 18.4. The van der Waals surface area contributed by atoms with Gasteiger partial charge in [0.15, 0.2) is 14.4 Å². The van der Waals surface area contributed by atoms with Crippen molar-refractivity contribution in [3.8, 4) is 0 Å². The summed E-state index contributed by atoms with van der Waals surface area (Å²) in [6, 6.07) is 0. The van der Waals surface area contributed by atoms with Crippen molar-refractivity contribution < 1.29 is 18.7 Å². The van der Waals surface area contributed by atoms with E-state index in [0.717, 1.165) is 38.9 Å². The Hall–Kier alpha value is -0.433. The van der Waals surface area contributed by atoms with E-state index in [-0.39, 0.29) is 11.0 Å². The van der Waals surface area contributed by atoms with Gasteiger partial charge in [0.2, 0.25) is 5.79 Å². The van der Waals surface area contributed by atoms with Gasteiger partial charge >= 0.3 is 5.97 Å². The van der Waals surface area contributed by atoms with Crippen molar-refractivity contribution in [3.05, 3.63) is 0 Å². The molecule has 0 amide bonds. The first kappa shape index (κ1) is 43.6. The molecule has 0 aromatic heterocycles. The monoisotopic (exact) mass is 668 g/mol. The molecule has 0 aromatic carbocycles. The summed E-state index contributed by atoms with van der Waals surface area (Å²) in [5.41, 5.74) is 0. The first-order valence-electron chi connectivity index (χ1n) is 20.0. The van der Waals surface area contributed by atoms with E-state index >= 15 is 0 Å². The van der Waals surface area contributed by atoms with Crippen LogP contribution >= 0.6 is 0 Å². The number of cyclic esters (lactones) is 1. The molecule has 1 fully saturated rings. The highest BCUT2D eigenvalue weighted by molar-refractivity contribution is 6.74. The van der Waals surface area contributed by atoms with Crippen LogP contribution in [-0.4, -0.2) is 56.8 Å². The molecule has 6 heteroatoms. The molecule has 0 N–H and O–H groups in total. The largest absolute Gasteiger partial charge is 0.432 e. The van der Waals surface area contributed by atoms with Crippen LogP contribution in [-0.2, 0) is 18.7 Å². The standard InChI is InChI=1S/C40H81NO4Si/c1-11-13-15-17-19-21-23-25-29-35(3)33-41(32-28-27-31-37-38(42)44-40(7,8)43-37)34-36(45-46(9,10)39(4,5)6)30-26-24-22-20-18-16-14-12-2/h35-37H,11-34H2,1-10H3. The van der Waals surface area contributed by atoms with Crippen LogP contribution in [0.2, 0.25) is 18.1 Å². The number of unbranched alkanes of at least 4 members (excludes halogenated alkanes) is 15. The van der Waals surface area contributed by atoms with Crippen LogP contribution in [0.3, 0.4) is 0 Å². The van der Waals surface area contributed by atoms with Crippen molar-refractivity contribution in [3.63, 3.8) is 0 Å². The molecule has 1 aliphatic heterocycles. The summed E-state index contributed by atoms with van der Waals surface area (Å²) in [5.74, 6) is -0.303. The number of hydrogen-bond donors (Lipinski definition) is 0. The minimum Gasteiger partial charge on any atom is -0.432 e. The van der Waals surface area contributed by atoms with E-state index in [1.807, 2.05) is 13.8 Å². The summed E-state index contributed by atoms with van der Waals surface area (Å²) in [7, 11) is -1.88. The minimum absolute atomic E-state index is 0.200. The Bertz CT molecular complexity index is 765. The summed E-state index contributed by atoms with van der Waals surface area (Å²) in [4.78, 5) is 15.0. The van der Waals surface area contributed by atoms with Crippen LogP contribution in [0.4, 0.5) is 0 Å². The maximum atomic E-state index is 12.3. The summed E-state index contributed by atoms with van der Waals surface area (Å²) in [6.45, 7) is 25.9. The van der Waals surface area contributed by atoms with Gasteiger partial charge in [0.1, 0.15) is 0 Å². The molecule has 3 unspecified atom stereocenters. The van der Waals surface area contributed by atoms with Crippen molar-refractivity contribution in [2.75, 3.05) is 19.6 Å². The van der Waals surface area contributed by atoms with Crippen molar-refractivity contribution in [1.82, 2.24) is 4.90 Å². The smallest absolute Gasteiger partial charge is 0.337 e. The molecule has 0 aliphatic carbocycles. The molecule has 46 heavy (non-hydrogen) atoms. The molecule has 274 valence electrons. The van der Waals surface area contributed by atoms with Crippen molar-refractivity contribution in [1.29, 1.82) is 0 Å². The average Bonchev–Trinajstić information content (AvgIpc) is 3.23. The zero-order chi connectivity index (χ0) is 34.5. The van der Waals surface area contributed by atoms with Crippen molar-refractivity contribution in [2.45, 2.75) is 226 Å². The number of esters is 1. The number of carbonyl (C=O) groups is 1. The van der Waals surface area contributed by atoms with Crippen LogP contribution in [0, 0.1) is 5.92 Å². The quantitative estimate of drug-likeness (QED) is 0.0451. The lowest BCUT2D eigenvalue weighted by Crippen LogP contribution is -2.47. The first-order chi connectivity index (χ1) is 21.7. The SMILES string of the molecule is CCCCCCCCCCC(C)CN(CCCCC1OC(C)(C)OC1=O)CC(CCCCCCCCCC)O[Si](C)(C)C(C)(C)C. The third-order valence-electron chi connectivity index (χ3n) is 10.5. The van der Waals surface area contributed by atoms with E-state index in [9.17, 15) is 4.79 Å². The third kappa shape index (κ3) is 20.2. The fourth-order valence-corrected chi connectivity index (χ4v) is 7.93. The van der Waals surface area contributed by atoms with Crippen LogP contribution in [0.25, 0.3) is 0 Å². The summed E-state index contributed by atoms with van der Waals surface area (Å²) in [5, 5.41) is 0.211. The molecule has 1 rings (SSSR count). The Balaban J connectivity index is 2.77. The number of carbonyl (C=O) groups excluding carboxylic acids is 1. The van der Waals surface area contributed by atoms with E-state index in [0.29, 0.717) is 12.0 Å². The van der Waals surface area contributed by atoms with E-state index in [1.54, 1.807) is 0 Å². The zero-order valence-corrected chi connectivity index (χ0v) is 33.8. The van der Waals surface area contributed by atoms with Gasteiger partial charge in [-0.3, -0.25) is 0 Å². The fraction of sp³-hybridized carbons (Fsp3) is 0.975. The molecular weight excluding hydrogens is 587 g/mol. The molecule has 5 nitrogen and oxygen atoms in total. The average molecular weight is 668 g/mol. The maximum absolute atomic E-state index is 12.3. The van der Waals surface area contributed by atoms with Gasteiger partial charge in [0.25, 0.3) is 0 Å². The molecule has 1 aliphatic rings. The van der Waals surface area contributed by atoms with Crippen LogP contribution in [0.5, 0.6) is 0 Å². The third-order valence-corrected chi connectivity index (χ3v) is 15.0. The Kier molecular flexibility index (Phi) is 22.6. The maximum Gasteiger partial charge on any atom is 0.337 e. The number of ether oxygens (including phenoxy) is 2. The topological polar surface area (TPSA) is 48.0 Å². The lowest BCUT2D eigenvalue weighted by Gasteiger charge is -2.41. The van der Waals surface area contributed by atoms with Gasteiger partial charge in [-0.05, 0) is 62.7 Å². The van der Waals surface area contributed by atoms with Gasteiger partial charge in [-0.15, -0.1) is 0 Å². The first-order valence-corrected chi connectivity index (χ1v) is 22.9. The van der Waals surface area contributed by atoms with Gasteiger partial charge in [0.05, 0.1) is 6.10 Å². The van der Waals surface area contributed by atoms with Gasteiger partial charge in [-0.25, -0.2) is 4.79 Å². The van der Waals surface area contributed by atoms with Gasteiger partial charge in [-0.1, -0.05) is 144 Å². The molecule has 0 radical (unpaired) electrons. The molecule has 1 heterocycles. The van der Waals surface area contributed by atoms with E-state index < -0.39 is 20.2 Å². The highest BCUT2D eigenvalue weighted by Crippen LogP contribution is 2.38. The summed E-state index contributed by atoms with van der Waals surface area (Å²) >= 11 is 0. The second-order valence-corrected chi connectivity index (χ2v) is 21.6. The van der Waals surface area contributed by atoms with Gasteiger partial charge in [0, 0.05) is 26.9 Å². The van der Waals surface area contributed by atoms with E-state index in [2.05, 4.69) is 59.5 Å². The Morgan fingerprint density at radius 3 is 1.74 bits per heavy atom. The molecule has 0 aromatic rings. The van der Waals surface area contributed by atoms with Crippen molar-refractivity contribution >= 4 is 14.3 Å². The second-order valence-electron chi connectivity index (χ2n) is 16.8. The highest BCUT2D eigenvalue weighted by Gasteiger charge is 2.41. The van der Waals surface area contributed by atoms with E-state index in [1.165, 1.54) is 116 Å². The minimum atomic E-state index is -1.88. The van der Waals surface area contributed by atoms with Crippen LogP contribution < -0.4 is 0 Å². The molecular formula is C40H81NO4Si. The lowest BCUT2D eigenvalue weighted by atomic mass is 10.00. The molecule has 0 bridgehead atoms. The lowest BCUT2D eigenvalue weighted by molar-refractivity contribution is -0.160. The van der Waals surface area contributed by atoms with Gasteiger partial charge in [-0.2, -0.15) is 0 Å². The predicted molar refractivity (Wildman–Crippen MR) is 201 cm³/mol. The molecule has 0 spiro atoms. The predicted octanol–water partition coefficient (Wildman–Crippen LogP) is 12.2. The van der Waals surface area contributed by atoms with Crippen LogP contribution in [0.15, 0.2) is 0 Å². The normalized spacial score (nSPS) is 18.3. The number of nitrogens with zero attached hydrogens (tertiary/aromatic N) is 1. The summed E-state index contributed by atoms with van der Waals surface area (Å²) in [6.07, 6.45) is 27.0. The zero-order valence-electron chi connectivity index (χ0n) is 32.8.